The van der Waals surface area contributed by atoms with Crippen LogP contribution < -0.4 is 10.6 Å². The number of amides is 1. The lowest BCUT2D eigenvalue weighted by molar-refractivity contribution is -0.127. The molecule has 1 aromatic rings. The Labute approximate surface area is 112 Å². The van der Waals surface area contributed by atoms with Gasteiger partial charge >= 0.3 is 0 Å². The number of hydrogen-bond acceptors (Lipinski definition) is 4. The maximum Gasteiger partial charge on any atom is 0.233 e. The first-order chi connectivity index (χ1) is 8.66. The zero-order valence-corrected chi connectivity index (χ0v) is 11.9. The number of hydrogen-bond donors (Lipinski definition) is 2. The summed E-state index contributed by atoms with van der Waals surface area (Å²) in [4.78, 5) is 16.8. The largest absolute Gasteiger partial charge is 0.316 e. The number of nitrogens with one attached hydrogen (secondary N) is 2. The van der Waals surface area contributed by atoms with Crippen LogP contribution in [-0.4, -0.2) is 24.0 Å². The van der Waals surface area contributed by atoms with Gasteiger partial charge in [-0.3, -0.25) is 4.79 Å². The van der Waals surface area contributed by atoms with Crippen molar-refractivity contribution in [2.45, 2.75) is 39.5 Å². The summed E-state index contributed by atoms with van der Waals surface area (Å²) < 4.78 is 0. The second-order valence-electron chi connectivity index (χ2n) is 5.06. The maximum absolute atomic E-state index is 12.5. The summed E-state index contributed by atoms with van der Waals surface area (Å²) in [5.41, 5.74) is 0.716. The van der Waals surface area contributed by atoms with Gasteiger partial charge in [0.25, 0.3) is 0 Å². The van der Waals surface area contributed by atoms with Gasteiger partial charge in [-0.05, 0) is 32.7 Å². The Balaban J connectivity index is 2.08. The van der Waals surface area contributed by atoms with Gasteiger partial charge in [-0.15, -0.1) is 11.3 Å². The van der Waals surface area contributed by atoms with Gasteiger partial charge in [-0.25, -0.2) is 4.98 Å². The summed E-state index contributed by atoms with van der Waals surface area (Å²) in [7, 11) is 0. The first kappa shape index (κ1) is 13.5. The molecule has 1 unspecified atom stereocenters. The van der Waals surface area contributed by atoms with Gasteiger partial charge in [0.15, 0.2) is 5.13 Å². The fourth-order valence-corrected chi connectivity index (χ4v) is 3.29. The molecule has 0 aromatic carbocycles. The van der Waals surface area contributed by atoms with E-state index in [2.05, 4.69) is 22.5 Å². The predicted octanol–water partition coefficient (Wildman–Crippen LogP) is 2.56. The van der Waals surface area contributed by atoms with E-state index in [1.807, 2.05) is 12.3 Å². The molecule has 1 atom stereocenters. The summed E-state index contributed by atoms with van der Waals surface area (Å²) in [5.74, 6) is 0.130. The number of thiazole rings is 1. The number of carbonyl (C=O) groups is 1. The minimum absolute atomic E-state index is 0.130. The van der Waals surface area contributed by atoms with Crippen LogP contribution >= 0.6 is 11.3 Å². The second-order valence-corrected chi connectivity index (χ2v) is 5.92. The second kappa shape index (κ2) is 5.80. The normalized spacial score (nSPS) is 23.9. The van der Waals surface area contributed by atoms with E-state index in [0.29, 0.717) is 0 Å². The third kappa shape index (κ3) is 2.90. The van der Waals surface area contributed by atoms with E-state index >= 15 is 0 Å². The Kier molecular flexibility index (Phi) is 4.35. The maximum atomic E-state index is 12.5. The molecule has 0 aliphatic carbocycles. The van der Waals surface area contributed by atoms with E-state index < -0.39 is 0 Å². The molecule has 0 bridgehead atoms. The molecule has 0 radical (unpaired) electrons. The number of rotatable bonds is 4. The lowest BCUT2D eigenvalue weighted by Crippen LogP contribution is -2.48. The first-order valence-corrected chi connectivity index (χ1v) is 7.48. The number of anilines is 1. The minimum Gasteiger partial charge on any atom is -0.316 e. The highest BCUT2D eigenvalue weighted by molar-refractivity contribution is 7.13. The molecule has 18 heavy (non-hydrogen) atoms. The predicted molar refractivity (Wildman–Crippen MR) is 74.9 cm³/mol. The fourth-order valence-electron chi connectivity index (χ4n) is 2.61. The van der Waals surface area contributed by atoms with Crippen molar-refractivity contribution in [2.75, 3.05) is 18.4 Å². The summed E-state index contributed by atoms with van der Waals surface area (Å²) in [6, 6.07) is 0. The van der Waals surface area contributed by atoms with Crippen molar-refractivity contribution in [3.63, 3.8) is 0 Å². The Morgan fingerprint density at radius 1 is 1.67 bits per heavy atom. The van der Waals surface area contributed by atoms with Gasteiger partial charge < -0.3 is 10.6 Å². The highest BCUT2D eigenvalue weighted by Gasteiger charge is 2.38. The number of aromatic nitrogens is 1. The zero-order chi connectivity index (χ0) is 13.0. The summed E-state index contributed by atoms with van der Waals surface area (Å²) in [6.07, 6.45) is 4.02. The number of aryl methyl sites for hydroxylation is 1. The molecular formula is C13H21N3OS. The van der Waals surface area contributed by atoms with Crippen molar-refractivity contribution in [3.8, 4) is 0 Å². The van der Waals surface area contributed by atoms with Gasteiger partial charge in [-0.2, -0.15) is 0 Å². The van der Waals surface area contributed by atoms with Crippen LogP contribution in [0.1, 0.15) is 38.3 Å². The summed E-state index contributed by atoms with van der Waals surface area (Å²) in [5, 5.41) is 9.02. The SMILES string of the molecule is CCCC1(C(=O)Nc2nc(C)cs2)CCCNC1. The van der Waals surface area contributed by atoms with Gasteiger partial charge in [0.1, 0.15) is 0 Å². The summed E-state index contributed by atoms with van der Waals surface area (Å²) in [6.45, 7) is 5.89. The average molecular weight is 267 g/mol. The molecule has 100 valence electrons. The molecular weight excluding hydrogens is 246 g/mol. The highest BCUT2D eigenvalue weighted by Crippen LogP contribution is 2.33. The van der Waals surface area contributed by atoms with Crippen molar-refractivity contribution >= 4 is 22.4 Å². The van der Waals surface area contributed by atoms with Gasteiger partial charge in [0.05, 0.1) is 11.1 Å². The molecule has 0 saturated carbocycles. The third-order valence-corrected chi connectivity index (χ3v) is 4.40. The van der Waals surface area contributed by atoms with Crippen LogP contribution in [0.5, 0.6) is 0 Å². The molecule has 1 aliphatic rings. The van der Waals surface area contributed by atoms with E-state index in [9.17, 15) is 4.79 Å². The van der Waals surface area contributed by atoms with Crippen LogP contribution in [0.15, 0.2) is 5.38 Å². The summed E-state index contributed by atoms with van der Waals surface area (Å²) >= 11 is 1.50. The molecule has 0 spiro atoms. The van der Waals surface area contributed by atoms with Crippen LogP contribution in [0.3, 0.4) is 0 Å². The Morgan fingerprint density at radius 3 is 3.06 bits per heavy atom. The molecule has 1 aromatic heterocycles. The molecule has 1 amide bonds. The van der Waals surface area contributed by atoms with Crippen LogP contribution in [0, 0.1) is 12.3 Å². The topological polar surface area (TPSA) is 54.0 Å². The van der Waals surface area contributed by atoms with Crippen molar-refractivity contribution in [1.82, 2.24) is 10.3 Å². The van der Waals surface area contributed by atoms with Gasteiger partial charge in [-0.1, -0.05) is 13.3 Å². The molecule has 2 rings (SSSR count). The van der Waals surface area contributed by atoms with Crippen LogP contribution in [-0.2, 0) is 4.79 Å². The van der Waals surface area contributed by atoms with Crippen molar-refractivity contribution in [2.24, 2.45) is 5.41 Å². The van der Waals surface area contributed by atoms with Crippen LogP contribution in [0.2, 0.25) is 0 Å². The number of nitrogens with zero attached hydrogens (tertiary/aromatic N) is 1. The standard InChI is InChI=1S/C13H21N3OS/c1-3-5-13(6-4-7-14-9-13)11(17)16-12-15-10(2)8-18-12/h8,14H,3-7,9H2,1-2H3,(H,15,16,17). The molecule has 4 nitrogen and oxygen atoms in total. The van der Waals surface area contributed by atoms with Gasteiger partial charge in [0, 0.05) is 11.9 Å². The highest BCUT2D eigenvalue weighted by atomic mass is 32.1. The number of piperidine rings is 1. The Hall–Kier alpha value is -0.940. The monoisotopic (exact) mass is 267 g/mol. The lowest BCUT2D eigenvalue weighted by atomic mass is 9.76. The van der Waals surface area contributed by atoms with E-state index in [0.717, 1.165) is 49.6 Å². The quantitative estimate of drug-likeness (QED) is 0.881. The molecule has 1 saturated heterocycles. The van der Waals surface area contributed by atoms with E-state index in [1.165, 1.54) is 11.3 Å². The molecule has 5 heteroatoms. The van der Waals surface area contributed by atoms with E-state index in [4.69, 9.17) is 0 Å². The van der Waals surface area contributed by atoms with Crippen LogP contribution in [0.4, 0.5) is 5.13 Å². The fraction of sp³-hybridized carbons (Fsp3) is 0.692. The van der Waals surface area contributed by atoms with Crippen molar-refractivity contribution in [1.29, 1.82) is 0 Å². The number of carbonyl (C=O) groups excluding carboxylic acids is 1. The molecule has 2 N–H and O–H groups in total. The van der Waals surface area contributed by atoms with Gasteiger partial charge in [0.2, 0.25) is 5.91 Å². The van der Waals surface area contributed by atoms with Crippen molar-refractivity contribution in [3.05, 3.63) is 11.1 Å². The molecule has 1 aliphatic heterocycles. The van der Waals surface area contributed by atoms with E-state index in [1.54, 1.807) is 0 Å². The Morgan fingerprint density at radius 2 is 2.50 bits per heavy atom. The zero-order valence-electron chi connectivity index (χ0n) is 11.1. The third-order valence-electron chi connectivity index (χ3n) is 3.52. The molecule has 2 heterocycles. The van der Waals surface area contributed by atoms with Crippen molar-refractivity contribution < 1.29 is 4.79 Å². The van der Waals surface area contributed by atoms with E-state index in [-0.39, 0.29) is 11.3 Å². The van der Waals surface area contributed by atoms with Crippen LogP contribution in [0.25, 0.3) is 0 Å². The first-order valence-electron chi connectivity index (χ1n) is 6.60. The molecule has 1 fully saturated rings. The smallest absolute Gasteiger partial charge is 0.233 e. The average Bonchev–Trinajstić information content (AvgIpc) is 2.76. The Bertz CT molecular complexity index is 405. The minimum atomic E-state index is -0.243. The lowest BCUT2D eigenvalue weighted by Gasteiger charge is -2.35.